The van der Waals surface area contributed by atoms with Gasteiger partial charge in [0.25, 0.3) is 6.47 Å². The van der Waals surface area contributed by atoms with Gasteiger partial charge in [0.05, 0.1) is 29.9 Å². The molecule has 8 N–H and O–H groups in total. The van der Waals surface area contributed by atoms with E-state index in [-0.39, 0.29) is 6.47 Å². The Labute approximate surface area is 217 Å². The zero-order valence-electron chi connectivity index (χ0n) is 20.0. The maximum Gasteiger partial charge on any atom is 0.335 e. The first-order valence-corrected chi connectivity index (χ1v) is 10.6. The molecule has 0 heterocycles. The average Bonchev–Trinajstić information content (AvgIpc) is 2.95. The number of carbonyl (C=O) groups is 4. The summed E-state index contributed by atoms with van der Waals surface area (Å²) in [5.41, 5.74) is 0.993. The molecule has 0 fully saturated rings. The van der Waals surface area contributed by atoms with E-state index < -0.39 is 43.3 Å². The molecule has 0 aliphatic rings. The summed E-state index contributed by atoms with van der Waals surface area (Å²) in [5, 5.41) is 65.2. The number of hydrogen-bond acceptors (Lipinski definition) is 8. The molecule has 2 unspecified atom stereocenters. The molecule has 0 spiro atoms. The van der Waals surface area contributed by atoms with Crippen molar-refractivity contribution in [2.75, 3.05) is 13.2 Å². The van der Waals surface area contributed by atoms with Gasteiger partial charge in [-0.25, -0.2) is 14.4 Å². The first-order valence-electron chi connectivity index (χ1n) is 10.6. The molecule has 0 aliphatic carbocycles. The number of aliphatic hydroxyl groups is 4. The van der Waals surface area contributed by atoms with Gasteiger partial charge >= 0.3 is 17.9 Å². The van der Waals surface area contributed by atoms with Crippen LogP contribution < -0.4 is 0 Å². The van der Waals surface area contributed by atoms with Gasteiger partial charge in [-0.1, -0.05) is 54.6 Å². The summed E-state index contributed by atoms with van der Waals surface area (Å²) in [7, 11) is 0. The van der Waals surface area contributed by atoms with E-state index in [4.69, 9.17) is 45.6 Å². The van der Waals surface area contributed by atoms with Gasteiger partial charge in [0, 0.05) is 0 Å². The van der Waals surface area contributed by atoms with Crippen LogP contribution in [0.15, 0.2) is 91.0 Å². The normalized spacial score (nSPS) is 10.4. The number of carboxylic acid groups (broad SMARTS) is 4. The number of benzene rings is 3. The minimum absolute atomic E-state index is 0.250. The molecule has 0 radical (unpaired) electrons. The second-order valence-corrected chi connectivity index (χ2v) is 6.62. The number of aliphatic hydroxyl groups excluding tert-OH is 4. The van der Waals surface area contributed by atoms with Gasteiger partial charge in [0.1, 0.15) is 12.2 Å². The average molecular weight is 535 g/mol. The smallest absolute Gasteiger partial charge is 0.335 e. The van der Waals surface area contributed by atoms with E-state index in [0.29, 0.717) is 16.7 Å². The van der Waals surface area contributed by atoms with Gasteiger partial charge in [-0.05, 0) is 36.4 Å². The van der Waals surface area contributed by atoms with Gasteiger partial charge in [-0.3, -0.25) is 4.79 Å². The lowest BCUT2D eigenvalue weighted by atomic mass is 10.2. The lowest BCUT2D eigenvalue weighted by Gasteiger charge is -2.10. The van der Waals surface area contributed by atoms with Crippen LogP contribution in [0.4, 0.5) is 0 Å². The molecule has 2 atom stereocenters. The largest absolute Gasteiger partial charge is 0.483 e. The minimum atomic E-state index is -1.22. The Morgan fingerprint density at radius 1 is 0.553 bits per heavy atom. The van der Waals surface area contributed by atoms with Gasteiger partial charge in [0.2, 0.25) is 0 Å². The van der Waals surface area contributed by atoms with E-state index in [0.717, 1.165) is 0 Å². The summed E-state index contributed by atoms with van der Waals surface area (Å²) < 4.78 is 0. The molecule has 12 heteroatoms. The SMILES string of the molecule is O=C(O)c1ccccc1.O=C(O)c1ccccc1.O=C(O)c1ccccc1.O=CO.OCC(O)C(O)CO. The molecule has 0 aliphatic heterocycles. The van der Waals surface area contributed by atoms with E-state index in [1.807, 2.05) is 0 Å². The van der Waals surface area contributed by atoms with E-state index in [2.05, 4.69) is 0 Å². The first kappa shape index (κ1) is 35.5. The van der Waals surface area contributed by atoms with Crippen LogP contribution >= 0.6 is 0 Å². The molecule has 0 saturated carbocycles. The first-order chi connectivity index (χ1) is 18.0. The Bertz CT molecular complexity index is 902. The molecular weight excluding hydrogens is 504 g/mol. The fraction of sp³-hybridized carbons (Fsp3) is 0.154. The molecule has 3 rings (SSSR count). The highest BCUT2D eigenvalue weighted by atomic mass is 16.4. The highest BCUT2D eigenvalue weighted by Gasteiger charge is 2.12. The van der Waals surface area contributed by atoms with Crippen molar-refractivity contribution in [3.8, 4) is 0 Å². The maximum atomic E-state index is 10.2. The summed E-state index contributed by atoms with van der Waals surface area (Å²) in [4.78, 5) is 39.0. The van der Waals surface area contributed by atoms with Crippen molar-refractivity contribution in [1.29, 1.82) is 0 Å². The van der Waals surface area contributed by atoms with Gasteiger partial charge in [-0.15, -0.1) is 0 Å². The van der Waals surface area contributed by atoms with Crippen LogP contribution in [0.3, 0.4) is 0 Å². The predicted molar refractivity (Wildman–Crippen MR) is 135 cm³/mol. The molecular formula is C26H30O12. The van der Waals surface area contributed by atoms with Crippen LogP contribution in [0.5, 0.6) is 0 Å². The maximum absolute atomic E-state index is 10.2. The summed E-state index contributed by atoms with van der Waals surface area (Å²) >= 11 is 0. The zero-order chi connectivity index (χ0) is 29.3. The zero-order valence-corrected chi connectivity index (χ0v) is 20.0. The Kier molecular flexibility index (Phi) is 21.3. The topological polar surface area (TPSA) is 230 Å². The Hall–Kier alpha value is -4.62. The van der Waals surface area contributed by atoms with Crippen molar-refractivity contribution in [2.45, 2.75) is 12.2 Å². The number of rotatable bonds is 6. The molecule has 3 aromatic rings. The third kappa shape index (κ3) is 18.7. The fourth-order valence-electron chi connectivity index (χ4n) is 1.99. The van der Waals surface area contributed by atoms with Gasteiger partial charge in [-0.2, -0.15) is 0 Å². The monoisotopic (exact) mass is 534 g/mol. The lowest BCUT2D eigenvalue weighted by molar-refractivity contribution is -0.122. The van der Waals surface area contributed by atoms with Crippen LogP contribution in [-0.2, 0) is 4.79 Å². The van der Waals surface area contributed by atoms with Crippen molar-refractivity contribution in [3.63, 3.8) is 0 Å². The number of aromatic carboxylic acids is 3. The highest BCUT2D eigenvalue weighted by molar-refractivity contribution is 5.88. The summed E-state index contributed by atoms with van der Waals surface area (Å²) in [5.74, 6) is -2.64. The summed E-state index contributed by atoms with van der Waals surface area (Å²) in [6.07, 6.45) is -2.44. The summed E-state index contributed by atoms with van der Waals surface area (Å²) in [6.45, 7) is -1.30. The lowest BCUT2D eigenvalue weighted by Crippen LogP contribution is -2.31. The predicted octanol–water partition coefficient (Wildman–Crippen LogP) is 1.55. The molecule has 0 amide bonds. The Morgan fingerprint density at radius 2 is 0.737 bits per heavy atom. The summed E-state index contributed by atoms with van der Waals surface area (Å²) in [6, 6.07) is 24.9. The van der Waals surface area contributed by atoms with Crippen molar-refractivity contribution in [2.24, 2.45) is 0 Å². The minimum Gasteiger partial charge on any atom is -0.483 e. The molecule has 206 valence electrons. The fourth-order valence-corrected chi connectivity index (χ4v) is 1.99. The van der Waals surface area contributed by atoms with E-state index in [1.165, 1.54) is 0 Å². The van der Waals surface area contributed by atoms with Crippen LogP contribution in [-0.4, -0.2) is 90.7 Å². The van der Waals surface area contributed by atoms with E-state index >= 15 is 0 Å². The van der Waals surface area contributed by atoms with E-state index in [1.54, 1.807) is 91.0 Å². The quantitative estimate of drug-likeness (QED) is 0.211. The molecule has 3 aromatic carbocycles. The van der Waals surface area contributed by atoms with Crippen molar-refractivity contribution >= 4 is 24.4 Å². The van der Waals surface area contributed by atoms with Crippen LogP contribution in [0, 0.1) is 0 Å². The second kappa shape index (κ2) is 22.8. The van der Waals surface area contributed by atoms with Crippen LogP contribution in [0.25, 0.3) is 0 Å². The van der Waals surface area contributed by atoms with Crippen LogP contribution in [0.2, 0.25) is 0 Å². The third-order valence-corrected chi connectivity index (χ3v) is 3.88. The van der Waals surface area contributed by atoms with Crippen molar-refractivity contribution in [1.82, 2.24) is 0 Å². The number of hydrogen-bond donors (Lipinski definition) is 8. The molecule has 12 nitrogen and oxygen atoms in total. The number of carboxylic acids is 3. The molecule has 38 heavy (non-hydrogen) atoms. The van der Waals surface area contributed by atoms with Crippen molar-refractivity contribution < 1.29 is 60.0 Å². The highest BCUT2D eigenvalue weighted by Crippen LogP contribution is 1.97. The second-order valence-electron chi connectivity index (χ2n) is 6.62. The molecule has 0 aromatic heterocycles. The van der Waals surface area contributed by atoms with Crippen LogP contribution in [0.1, 0.15) is 31.1 Å². The Morgan fingerprint density at radius 3 is 0.842 bits per heavy atom. The van der Waals surface area contributed by atoms with Crippen molar-refractivity contribution in [3.05, 3.63) is 108 Å². The molecule has 0 saturated heterocycles. The Balaban J connectivity index is 0. The molecule has 0 bridgehead atoms. The standard InChI is InChI=1S/3C7H6O2.C4H10O4.CH2O2/c3*8-7(9)6-4-2-1-3-5-6;5-1-3(7)4(8)2-6;2-1-3/h3*1-5H,(H,8,9);3-8H,1-2H2;1H,(H,2,3). The van der Waals surface area contributed by atoms with Gasteiger partial charge in [0.15, 0.2) is 0 Å². The van der Waals surface area contributed by atoms with Gasteiger partial charge < -0.3 is 40.9 Å². The third-order valence-electron chi connectivity index (χ3n) is 3.88. The van der Waals surface area contributed by atoms with E-state index in [9.17, 15) is 14.4 Å².